The third-order valence-corrected chi connectivity index (χ3v) is 5.60. The van der Waals surface area contributed by atoms with Gasteiger partial charge in [0.1, 0.15) is 0 Å². The van der Waals surface area contributed by atoms with E-state index in [1.165, 1.54) is 11.3 Å². The van der Waals surface area contributed by atoms with Crippen LogP contribution in [0, 0.1) is 0 Å². The molecule has 0 spiro atoms. The first-order valence-electron chi connectivity index (χ1n) is 10.1. The third kappa shape index (κ3) is 4.76. The molecule has 0 unspecified atom stereocenters. The van der Waals surface area contributed by atoms with Gasteiger partial charge in [0.15, 0.2) is 0 Å². The van der Waals surface area contributed by atoms with Crippen molar-refractivity contribution >= 4 is 5.91 Å². The van der Waals surface area contributed by atoms with Gasteiger partial charge < -0.3 is 10.2 Å². The van der Waals surface area contributed by atoms with E-state index in [0.717, 1.165) is 70.9 Å². The zero-order valence-corrected chi connectivity index (χ0v) is 15.9. The minimum Gasteiger partial charge on any atom is -0.340 e. The lowest BCUT2D eigenvalue weighted by molar-refractivity contribution is -0.132. The van der Waals surface area contributed by atoms with Gasteiger partial charge in [-0.25, -0.2) is 0 Å². The zero-order valence-electron chi connectivity index (χ0n) is 15.9. The Morgan fingerprint density at radius 1 is 1.04 bits per heavy atom. The maximum atomic E-state index is 12.6. The van der Waals surface area contributed by atoms with Crippen LogP contribution in [-0.2, 0) is 30.7 Å². The van der Waals surface area contributed by atoms with Gasteiger partial charge in [-0.2, -0.15) is 5.10 Å². The van der Waals surface area contributed by atoms with Crippen LogP contribution in [0.25, 0.3) is 0 Å². The molecule has 144 valence electrons. The first-order valence-corrected chi connectivity index (χ1v) is 10.1. The molecule has 0 radical (unpaired) electrons. The first-order chi connectivity index (χ1) is 13.3. The number of nitrogens with one attached hydrogen (secondary N) is 1. The summed E-state index contributed by atoms with van der Waals surface area (Å²) in [6.07, 6.45) is 2.38. The van der Waals surface area contributed by atoms with Crippen molar-refractivity contribution in [1.82, 2.24) is 24.9 Å². The smallest absolute Gasteiger partial charge is 0.223 e. The van der Waals surface area contributed by atoms with Crippen LogP contribution in [-0.4, -0.2) is 64.8 Å². The number of carbonyl (C=O) groups excluding carboxylic acids is 1. The number of fused-ring (bicyclic) bond motifs is 1. The summed E-state index contributed by atoms with van der Waals surface area (Å²) in [7, 11) is 0. The van der Waals surface area contributed by atoms with Crippen molar-refractivity contribution in [2.24, 2.45) is 0 Å². The number of piperazine rings is 1. The number of aryl methyl sites for hydroxylation is 1. The van der Waals surface area contributed by atoms with Crippen LogP contribution in [0.2, 0.25) is 0 Å². The Balaban J connectivity index is 1.19. The van der Waals surface area contributed by atoms with Crippen molar-refractivity contribution in [3.05, 3.63) is 53.3 Å². The number of benzene rings is 1. The molecule has 1 N–H and O–H groups in total. The van der Waals surface area contributed by atoms with Gasteiger partial charge in [0, 0.05) is 58.7 Å². The minimum atomic E-state index is 0.266. The van der Waals surface area contributed by atoms with E-state index < -0.39 is 0 Å². The number of hydrogen-bond acceptors (Lipinski definition) is 4. The molecule has 0 bridgehead atoms. The van der Waals surface area contributed by atoms with Gasteiger partial charge in [-0.15, -0.1) is 0 Å². The molecule has 2 aliphatic heterocycles. The first kappa shape index (κ1) is 18.2. The maximum absolute atomic E-state index is 12.6. The number of rotatable bonds is 6. The van der Waals surface area contributed by atoms with Gasteiger partial charge in [-0.3, -0.25) is 14.4 Å². The fraction of sp³-hybridized carbons (Fsp3) is 0.524. The SMILES string of the molecule is O=C(CCc1cc2n(n1)CCNC2)N1CCN(CCc2ccccc2)CC1. The van der Waals surface area contributed by atoms with Crippen molar-refractivity contribution < 1.29 is 4.79 Å². The van der Waals surface area contributed by atoms with Gasteiger partial charge in [0.25, 0.3) is 0 Å². The molecular weight excluding hydrogens is 338 g/mol. The molecule has 1 aromatic heterocycles. The molecule has 6 heteroatoms. The highest BCUT2D eigenvalue weighted by atomic mass is 16.2. The van der Waals surface area contributed by atoms with Gasteiger partial charge in [-0.1, -0.05) is 30.3 Å². The number of carbonyl (C=O) groups is 1. The molecule has 4 rings (SSSR count). The Bertz CT molecular complexity index is 726. The van der Waals surface area contributed by atoms with Gasteiger partial charge in [0.05, 0.1) is 17.9 Å². The van der Waals surface area contributed by atoms with E-state index in [2.05, 4.69) is 56.4 Å². The molecule has 27 heavy (non-hydrogen) atoms. The Hall–Kier alpha value is -2.18. The molecule has 0 atom stereocenters. The molecule has 1 aromatic carbocycles. The van der Waals surface area contributed by atoms with Crippen LogP contribution in [0.4, 0.5) is 0 Å². The lowest BCUT2D eigenvalue weighted by Gasteiger charge is -2.34. The van der Waals surface area contributed by atoms with Crippen LogP contribution in [0.5, 0.6) is 0 Å². The van der Waals surface area contributed by atoms with Crippen molar-refractivity contribution in [1.29, 1.82) is 0 Å². The number of nitrogens with zero attached hydrogens (tertiary/aromatic N) is 4. The zero-order chi connectivity index (χ0) is 18.5. The summed E-state index contributed by atoms with van der Waals surface area (Å²) < 4.78 is 2.07. The second-order valence-electron chi connectivity index (χ2n) is 7.48. The van der Waals surface area contributed by atoms with Gasteiger partial charge in [-0.05, 0) is 18.1 Å². The minimum absolute atomic E-state index is 0.266. The van der Waals surface area contributed by atoms with Crippen molar-refractivity contribution in [2.45, 2.75) is 32.4 Å². The van der Waals surface area contributed by atoms with Crippen LogP contribution >= 0.6 is 0 Å². The largest absolute Gasteiger partial charge is 0.340 e. The normalized spacial score (nSPS) is 17.7. The van der Waals surface area contributed by atoms with Crippen molar-refractivity contribution in [3.63, 3.8) is 0 Å². The second kappa shape index (κ2) is 8.67. The number of aromatic nitrogens is 2. The standard InChI is InChI=1S/C21H29N5O/c27-21(7-6-19-16-20-17-22-9-11-26(20)23-19)25-14-12-24(13-15-25)10-8-18-4-2-1-3-5-18/h1-5,16,22H,6-15,17H2. The molecule has 1 fully saturated rings. The van der Waals surface area contributed by atoms with E-state index in [1.807, 2.05) is 4.90 Å². The average molecular weight is 367 g/mol. The highest BCUT2D eigenvalue weighted by Gasteiger charge is 2.21. The second-order valence-corrected chi connectivity index (χ2v) is 7.48. The Labute approximate surface area is 161 Å². The third-order valence-electron chi connectivity index (χ3n) is 5.60. The van der Waals surface area contributed by atoms with E-state index in [4.69, 9.17) is 0 Å². The van der Waals surface area contributed by atoms with E-state index in [9.17, 15) is 4.79 Å². The summed E-state index contributed by atoms with van der Waals surface area (Å²) in [6, 6.07) is 12.8. The quantitative estimate of drug-likeness (QED) is 0.836. The summed E-state index contributed by atoms with van der Waals surface area (Å²) in [5.41, 5.74) is 3.66. The lowest BCUT2D eigenvalue weighted by Crippen LogP contribution is -2.49. The fourth-order valence-corrected chi connectivity index (χ4v) is 3.92. The van der Waals surface area contributed by atoms with E-state index in [-0.39, 0.29) is 5.91 Å². The van der Waals surface area contributed by atoms with Crippen molar-refractivity contribution in [2.75, 3.05) is 39.3 Å². The van der Waals surface area contributed by atoms with Crippen LogP contribution < -0.4 is 5.32 Å². The molecule has 3 heterocycles. The monoisotopic (exact) mass is 367 g/mol. The average Bonchev–Trinajstić information content (AvgIpc) is 3.15. The predicted octanol–water partition coefficient (Wildman–Crippen LogP) is 1.31. The molecule has 2 aromatic rings. The van der Waals surface area contributed by atoms with Crippen molar-refractivity contribution in [3.8, 4) is 0 Å². The highest BCUT2D eigenvalue weighted by Crippen LogP contribution is 2.12. The highest BCUT2D eigenvalue weighted by molar-refractivity contribution is 5.76. The van der Waals surface area contributed by atoms with Gasteiger partial charge in [0.2, 0.25) is 5.91 Å². The molecule has 1 saturated heterocycles. The van der Waals surface area contributed by atoms with E-state index in [0.29, 0.717) is 6.42 Å². The summed E-state index contributed by atoms with van der Waals surface area (Å²) in [4.78, 5) is 17.1. The summed E-state index contributed by atoms with van der Waals surface area (Å²) in [6.45, 7) is 7.49. The lowest BCUT2D eigenvalue weighted by atomic mass is 10.1. The maximum Gasteiger partial charge on any atom is 0.223 e. The summed E-state index contributed by atoms with van der Waals surface area (Å²) in [5.74, 6) is 0.266. The Morgan fingerprint density at radius 3 is 2.63 bits per heavy atom. The molecule has 1 amide bonds. The Morgan fingerprint density at radius 2 is 1.85 bits per heavy atom. The van der Waals surface area contributed by atoms with E-state index >= 15 is 0 Å². The number of amides is 1. The molecule has 6 nitrogen and oxygen atoms in total. The fourth-order valence-electron chi connectivity index (χ4n) is 3.92. The topological polar surface area (TPSA) is 53.4 Å². The van der Waals surface area contributed by atoms with Gasteiger partial charge >= 0.3 is 0 Å². The summed E-state index contributed by atoms with van der Waals surface area (Å²) >= 11 is 0. The van der Waals surface area contributed by atoms with Crippen LogP contribution in [0.3, 0.4) is 0 Å². The van der Waals surface area contributed by atoms with Crippen LogP contribution in [0.1, 0.15) is 23.4 Å². The molecule has 0 saturated carbocycles. The molecular formula is C21H29N5O. The Kier molecular flexibility index (Phi) is 5.84. The van der Waals surface area contributed by atoms with E-state index in [1.54, 1.807) is 0 Å². The molecule has 2 aliphatic rings. The molecule has 0 aliphatic carbocycles. The summed E-state index contributed by atoms with van der Waals surface area (Å²) in [5, 5.41) is 7.99. The van der Waals surface area contributed by atoms with Crippen LogP contribution in [0.15, 0.2) is 36.4 Å². The predicted molar refractivity (Wildman–Crippen MR) is 105 cm³/mol. The number of hydrogen-bond donors (Lipinski definition) is 1.